The normalized spacial score (nSPS) is 11.6. The molecule has 0 atom stereocenters. The van der Waals surface area contributed by atoms with E-state index in [-0.39, 0.29) is 12.4 Å². The van der Waals surface area contributed by atoms with E-state index in [4.69, 9.17) is 9.97 Å². The average molecular weight is 440 g/mol. The number of pyridine rings is 2. The predicted molar refractivity (Wildman–Crippen MR) is 120 cm³/mol. The lowest BCUT2D eigenvalue weighted by molar-refractivity contribution is 0.276. The number of hydrogen-bond acceptors (Lipinski definition) is 6. The van der Waals surface area contributed by atoms with Crippen LogP contribution < -0.4 is 0 Å². The van der Waals surface area contributed by atoms with Gasteiger partial charge in [0.25, 0.3) is 0 Å². The van der Waals surface area contributed by atoms with Crippen molar-refractivity contribution in [2.24, 2.45) is 7.05 Å². The molecule has 0 spiro atoms. The van der Waals surface area contributed by atoms with Crippen LogP contribution in [0.15, 0.2) is 55.0 Å². The Bertz CT molecular complexity index is 1630. The Kier molecular flexibility index (Phi) is 4.27. The maximum Gasteiger partial charge on any atom is 0.161 e. The van der Waals surface area contributed by atoms with E-state index in [0.717, 1.165) is 27.7 Å². The summed E-state index contributed by atoms with van der Waals surface area (Å²) in [5.41, 5.74) is 6.95. The van der Waals surface area contributed by atoms with Crippen molar-refractivity contribution >= 4 is 22.1 Å². The van der Waals surface area contributed by atoms with Crippen molar-refractivity contribution in [1.82, 2.24) is 39.9 Å². The summed E-state index contributed by atoms with van der Waals surface area (Å²) < 4.78 is 15.0. The van der Waals surface area contributed by atoms with Gasteiger partial charge in [0.05, 0.1) is 40.7 Å². The number of aryl methyl sites for hydroxylation is 1. The van der Waals surface area contributed by atoms with Gasteiger partial charge in [-0.25, -0.2) is 14.4 Å². The number of nitrogens with zero attached hydrogens (tertiary/aromatic N) is 6. The molecule has 33 heavy (non-hydrogen) atoms. The van der Waals surface area contributed by atoms with E-state index in [1.807, 2.05) is 18.3 Å². The molecule has 0 unspecified atom stereocenters. The van der Waals surface area contributed by atoms with Crippen LogP contribution in [0.25, 0.3) is 56.0 Å². The molecule has 5 heterocycles. The molecule has 0 aliphatic heterocycles. The van der Waals surface area contributed by atoms with Gasteiger partial charge in [-0.2, -0.15) is 10.2 Å². The smallest absolute Gasteiger partial charge is 0.161 e. The SMILES string of the molecule is Cn1cc(-c2ccc3[nH]nc(-c4nc5c(-c6ccc(F)cc6)cncc5[nH]4)c3n2)c(CO)n1. The van der Waals surface area contributed by atoms with Crippen LogP contribution >= 0.6 is 0 Å². The van der Waals surface area contributed by atoms with Crippen LogP contribution in [0.1, 0.15) is 5.69 Å². The summed E-state index contributed by atoms with van der Waals surface area (Å²) in [4.78, 5) is 17.1. The molecule has 9 nitrogen and oxygen atoms in total. The molecule has 6 rings (SSSR count). The number of aromatic amines is 2. The Morgan fingerprint density at radius 2 is 1.82 bits per heavy atom. The molecule has 0 aliphatic rings. The quantitative estimate of drug-likeness (QED) is 0.385. The fraction of sp³-hybridized carbons (Fsp3) is 0.0870. The maximum atomic E-state index is 13.4. The zero-order valence-electron chi connectivity index (χ0n) is 17.4. The monoisotopic (exact) mass is 440 g/mol. The third-order valence-corrected chi connectivity index (χ3v) is 5.51. The number of hydrogen-bond donors (Lipinski definition) is 3. The van der Waals surface area contributed by atoms with E-state index in [9.17, 15) is 9.50 Å². The molecule has 6 aromatic rings. The molecule has 162 valence electrons. The fourth-order valence-corrected chi connectivity index (χ4v) is 3.97. The first-order valence-corrected chi connectivity index (χ1v) is 10.2. The number of rotatable bonds is 4. The van der Waals surface area contributed by atoms with Gasteiger partial charge in [0, 0.05) is 30.6 Å². The van der Waals surface area contributed by atoms with Crippen molar-refractivity contribution in [2.75, 3.05) is 0 Å². The number of aliphatic hydroxyl groups excluding tert-OH is 1. The van der Waals surface area contributed by atoms with E-state index in [1.165, 1.54) is 12.1 Å². The number of halogens is 1. The second kappa shape index (κ2) is 7.31. The van der Waals surface area contributed by atoms with Crippen LogP contribution in [0, 0.1) is 5.82 Å². The van der Waals surface area contributed by atoms with Crippen molar-refractivity contribution in [3.63, 3.8) is 0 Å². The summed E-state index contributed by atoms with van der Waals surface area (Å²) in [5.74, 6) is 0.232. The van der Waals surface area contributed by atoms with Gasteiger partial charge in [-0.15, -0.1) is 0 Å². The van der Waals surface area contributed by atoms with Gasteiger partial charge < -0.3 is 10.1 Å². The van der Waals surface area contributed by atoms with E-state index in [2.05, 4.69) is 25.3 Å². The Hall–Kier alpha value is -4.44. The van der Waals surface area contributed by atoms with Crippen molar-refractivity contribution < 1.29 is 9.50 Å². The Morgan fingerprint density at radius 1 is 0.970 bits per heavy atom. The summed E-state index contributed by atoms with van der Waals surface area (Å²) in [6.07, 6.45) is 5.22. The maximum absolute atomic E-state index is 13.4. The molecular formula is C23H17FN8O. The second-order valence-corrected chi connectivity index (χ2v) is 7.66. The summed E-state index contributed by atoms with van der Waals surface area (Å²) >= 11 is 0. The molecule has 1 aromatic carbocycles. The first-order valence-electron chi connectivity index (χ1n) is 10.2. The third kappa shape index (κ3) is 3.15. The number of nitrogens with one attached hydrogen (secondary N) is 2. The zero-order chi connectivity index (χ0) is 22.5. The van der Waals surface area contributed by atoms with E-state index in [0.29, 0.717) is 33.9 Å². The minimum atomic E-state index is -0.301. The van der Waals surface area contributed by atoms with Gasteiger partial charge in [0.2, 0.25) is 0 Å². The van der Waals surface area contributed by atoms with Crippen LogP contribution in [0.2, 0.25) is 0 Å². The molecule has 5 aromatic heterocycles. The third-order valence-electron chi connectivity index (χ3n) is 5.51. The van der Waals surface area contributed by atoms with Crippen molar-refractivity contribution in [3.8, 4) is 33.9 Å². The molecule has 0 bridgehead atoms. The van der Waals surface area contributed by atoms with Crippen LogP contribution in [-0.2, 0) is 13.7 Å². The van der Waals surface area contributed by atoms with Gasteiger partial charge in [-0.3, -0.25) is 14.8 Å². The van der Waals surface area contributed by atoms with Gasteiger partial charge in [-0.05, 0) is 29.8 Å². The highest BCUT2D eigenvalue weighted by molar-refractivity contribution is 5.95. The Labute approximate surface area is 186 Å². The lowest BCUT2D eigenvalue weighted by Gasteiger charge is -2.01. The Morgan fingerprint density at radius 3 is 2.64 bits per heavy atom. The standard InChI is InChI=1S/C23H17FN8O/c1-32-10-15(19(11-33)31-32)16-6-7-17-21(26-16)22(30-29-17)23-27-18-9-25-8-14(20(18)28-23)12-2-4-13(24)5-3-12/h2-10,33H,11H2,1H3,(H,27,28)(H,29,30). The van der Waals surface area contributed by atoms with Gasteiger partial charge in [0.15, 0.2) is 11.5 Å². The number of fused-ring (bicyclic) bond motifs is 2. The average Bonchev–Trinajstić information content (AvgIpc) is 3.54. The molecule has 0 radical (unpaired) electrons. The molecule has 10 heteroatoms. The lowest BCUT2D eigenvalue weighted by atomic mass is 10.1. The van der Waals surface area contributed by atoms with Gasteiger partial charge in [0.1, 0.15) is 11.3 Å². The largest absolute Gasteiger partial charge is 0.390 e. The number of aliphatic hydroxyl groups is 1. The summed E-state index contributed by atoms with van der Waals surface area (Å²) in [7, 11) is 1.80. The van der Waals surface area contributed by atoms with Crippen LogP contribution in [0.4, 0.5) is 4.39 Å². The van der Waals surface area contributed by atoms with Crippen LogP contribution in [0.5, 0.6) is 0 Å². The van der Waals surface area contributed by atoms with Gasteiger partial charge >= 0.3 is 0 Å². The summed E-state index contributed by atoms with van der Waals surface area (Å²) in [5, 5.41) is 21.4. The topological polar surface area (TPSA) is 121 Å². The number of imidazole rings is 1. The first-order chi connectivity index (χ1) is 16.1. The molecule has 0 saturated heterocycles. The zero-order valence-corrected chi connectivity index (χ0v) is 17.4. The lowest BCUT2D eigenvalue weighted by Crippen LogP contribution is -1.92. The van der Waals surface area contributed by atoms with E-state index >= 15 is 0 Å². The highest BCUT2D eigenvalue weighted by atomic mass is 19.1. The first kappa shape index (κ1) is 19.3. The molecule has 0 fully saturated rings. The minimum Gasteiger partial charge on any atom is -0.390 e. The fourth-order valence-electron chi connectivity index (χ4n) is 3.97. The van der Waals surface area contributed by atoms with Crippen molar-refractivity contribution in [3.05, 3.63) is 66.5 Å². The highest BCUT2D eigenvalue weighted by Gasteiger charge is 2.18. The molecule has 3 N–H and O–H groups in total. The van der Waals surface area contributed by atoms with Crippen LogP contribution in [0.3, 0.4) is 0 Å². The second-order valence-electron chi connectivity index (χ2n) is 7.66. The number of aromatic nitrogens is 8. The Balaban J connectivity index is 1.50. The van der Waals surface area contributed by atoms with Crippen LogP contribution in [-0.4, -0.2) is 45.0 Å². The molecular weight excluding hydrogens is 423 g/mol. The highest BCUT2D eigenvalue weighted by Crippen LogP contribution is 2.31. The van der Waals surface area contributed by atoms with E-state index < -0.39 is 0 Å². The molecule has 0 saturated carbocycles. The van der Waals surface area contributed by atoms with Gasteiger partial charge in [-0.1, -0.05) is 12.1 Å². The minimum absolute atomic E-state index is 0.184. The summed E-state index contributed by atoms with van der Waals surface area (Å²) in [6.45, 7) is -0.184. The molecule has 0 aliphatic carbocycles. The number of benzene rings is 1. The number of H-pyrrole nitrogens is 2. The predicted octanol–water partition coefficient (Wildman–Crippen LogP) is 3.60. The molecule has 0 amide bonds. The van der Waals surface area contributed by atoms with E-state index in [1.54, 1.807) is 36.3 Å². The summed E-state index contributed by atoms with van der Waals surface area (Å²) in [6, 6.07) is 9.96. The van der Waals surface area contributed by atoms with Crippen molar-refractivity contribution in [2.45, 2.75) is 6.61 Å². The van der Waals surface area contributed by atoms with Crippen molar-refractivity contribution in [1.29, 1.82) is 0 Å².